The summed E-state index contributed by atoms with van der Waals surface area (Å²) < 4.78 is 5.11. The monoisotopic (exact) mass is 221 g/mol. The zero-order valence-corrected chi connectivity index (χ0v) is 9.22. The maximum absolute atomic E-state index is 10.8. The van der Waals surface area contributed by atoms with E-state index in [2.05, 4.69) is 0 Å². The number of carbonyl (C=O) groups is 1. The standard InChI is InChI=1S/C12H15NO3/c1-9-2-4-10(5-3-9)13(6-12(14)15)11-7-16-8-11/h2-5,11H,6-8H2,1H3,(H,14,15). The molecule has 0 unspecified atom stereocenters. The maximum atomic E-state index is 10.8. The Morgan fingerprint density at radius 1 is 1.44 bits per heavy atom. The smallest absolute Gasteiger partial charge is 0.323 e. The quantitative estimate of drug-likeness (QED) is 0.832. The van der Waals surface area contributed by atoms with Crippen molar-refractivity contribution in [3.05, 3.63) is 29.8 Å². The third kappa shape index (κ3) is 2.33. The van der Waals surface area contributed by atoms with Gasteiger partial charge in [0, 0.05) is 5.69 Å². The van der Waals surface area contributed by atoms with E-state index in [1.807, 2.05) is 36.1 Å². The molecule has 0 atom stereocenters. The summed E-state index contributed by atoms with van der Waals surface area (Å²) in [6.45, 7) is 3.26. The molecular formula is C12H15NO3. The van der Waals surface area contributed by atoms with Crippen LogP contribution in [-0.4, -0.2) is 36.9 Å². The lowest BCUT2D eigenvalue weighted by Crippen LogP contribution is -2.51. The van der Waals surface area contributed by atoms with E-state index in [1.165, 1.54) is 5.56 Å². The first-order chi connectivity index (χ1) is 7.66. The minimum Gasteiger partial charge on any atom is -0.480 e. The van der Waals surface area contributed by atoms with Crippen molar-refractivity contribution in [1.29, 1.82) is 0 Å². The highest BCUT2D eigenvalue weighted by Gasteiger charge is 2.27. The molecule has 1 heterocycles. The van der Waals surface area contributed by atoms with Gasteiger partial charge < -0.3 is 14.7 Å². The van der Waals surface area contributed by atoms with E-state index < -0.39 is 5.97 Å². The number of aliphatic carboxylic acids is 1. The molecule has 0 radical (unpaired) electrons. The fraction of sp³-hybridized carbons (Fsp3) is 0.417. The molecular weight excluding hydrogens is 206 g/mol. The van der Waals surface area contributed by atoms with Gasteiger partial charge in [0.25, 0.3) is 0 Å². The highest BCUT2D eigenvalue weighted by Crippen LogP contribution is 2.21. The topological polar surface area (TPSA) is 49.8 Å². The molecule has 1 aliphatic heterocycles. The summed E-state index contributed by atoms with van der Waals surface area (Å²) in [4.78, 5) is 12.7. The molecule has 4 nitrogen and oxygen atoms in total. The average molecular weight is 221 g/mol. The number of anilines is 1. The van der Waals surface area contributed by atoms with Gasteiger partial charge in [0.1, 0.15) is 6.54 Å². The number of carboxylic acid groups (broad SMARTS) is 1. The van der Waals surface area contributed by atoms with Gasteiger partial charge in [-0.15, -0.1) is 0 Å². The van der Waals surface area contributed by atoms with Crippen LogP contribution >= 0.6 is 0 Å². The van der Waals surface area contributed by atoms with Gasteiger partial charge in [-0.25, -0.2) is 0 Å². The predicted molar refractivity (Wildman–Crippen MR) is 60.8 cm³/mol. The number of aryl methyl sites for hydroxylation is 1. The molecule has 2 rings (SSSR count). The van der Waals surface area contributed by atoms with Crippen LogP contribution in [0.25, 0.3) is 0 Å². The second-order valence-corrected chi connectivity index (χ2v) is 4.05. The van der Waals surface area contributed by atoms with Crippen molar-refractivity contribution >= 4 is 11.7 Å². The van der Waals surface area contributed by atoms with Gasteiger partial charge in [-0.2, -0.15) is 0 Å². The van der Waals surface area contributed by atoms with Crippen LogP contribution < -0.4 is 4.90 Å². The first-order valence-electron chi connectivity index (χ1n) is 5.29. The summed E-state index contributed by atoms with van der Waals surface area (Å²) in [6, 6.07) is 8.08. The molecule has 1 aliphatic rings. The third-order valence-corrected chi connectivity index (χ3v) is 2.73. The number of rotatable bonds is 4. The Labute approximate surface area is 94.4 Å². The maximum Gasteiger partial charge on any atom is 0.323 e. The van der Waals surface area contributed by atoms with Gasteiger partial charge in [0.05, 0.1) is 19.3 Å². The van der Waals surface area contributed by atoms with Crippen molar-refractivity contribution in [1.82, 2.24) is 0 Å². The highest BCUT2D eigenvalue weighted by molar-refractivity contribution is 5.74. The summed E-state index contributed by atoms with van der Waals surface area (Å²) >= 11 is 0. The van der Waals surface area contributed by atoms with Crippen molar-refractivity contribution in [2.24, 2.45) is 0 Å². The highest BCUT2D eigenvalue weighted by atomic mass is 16.5. The normalized spacial score (nSPS) is 15.6. The molecule has 0 aliphatic carbocycles. The Bertz CT molecular complexity index is 370. The number of hydrogen-bond acceptors (Lipinski definition) is 3. The minimum absolute atomic E-state index is 0.0249. The SMILES string of the molecule is Cc1ccc(N(CC(=O)O)C2COC2)cc1. The predicted octanol–water partition coefficient (Wildman–Crippen LogP) is 1.28. The Morgan fingerprint density at radius 2 is 2.06 bits per heavy atom. The van der Waals surface area contributed by atoms with Crippen LogP contribution in [0.3, 0.4) is 0 Å². The molecule has 86 valence electrons. The first kappa shape index (κ1) is 11.0. The van der Waals surface area contributed by atoms with Gasteiger partial charge in [0.15, 0.2) is 0 Å². The molecule has 16 heavy (non-hydrogen) atoms. The minimum atomic E-state index is -0.813. The van der Waals surface area contributed by atoms with E-state index in [1.54, 1.807) is 0 Å². The van der Waals surface area contributed by atoms with Crippen LogP contribution in [-0.2, 0) is 9.53 Å². The molecule has 1 aromatic carbocycles. The number of benzene rings is 1. The molecule has 1 fully saturated rings. The van der Waals surface area contributed by atoms with Gasteiger partial charge in [-0.1, -0.05) is 17.7 Å². The molecule has 1 saturated heterocycles. The Balaban J connectivity index is 2.16. The summed E-state index contributed by atoms with van der Waals surface area (Å²) in [5.74, 6) is -0.813. The third-order valence-electron chi connectivity index (χ3n) is 2.73. The van der Waals surface area contributed by atoms with E-state index in [0.717, 1.165) is 5.69 Å². The second-order valence-electron chi connectivity index (χ2n) is 4.05. The Kier molecular flexibility index (Phi) is 3.10. The zero-order chi connectivity index (χ0) is 11.5. The van der Waals surface area contributed by atoms with Crippen molar-refractivity contribution in [3.8, 4) is 0 Å². The molecule has 1 aromatic rings. The van der Waals surface area contributed by atoms with Crippen molar-refractivity contribution in [2.45, 2.75) is 13.0 Å². The van der Waals surface area contributed by atoms with Gasteiger partial charge in [0.2, 0.25) is 0 Å². The van der Waals surface area contributed by atoms with Crippen LogP contribution in [0.5, 0.6) is 0 Å². The summed E-state index contributed by atoms with van der Waals surface area (Å²) in [5, 5.41) is 8.89. The molecule has 0 amide bonds. The Morgan fingerprint density at radius 3 is 2.50 bits per heavy atom. The van der Waals surface area contributed by atoms with E-state index in [-0.39, 0.29) is 12.6 Å². The lowest BCUT2D eigenvalue weighted by atomic mass is 10.1. The lowest BCUT2D eigenvalue weighted by Gasteiger charge is -2.37. The van der Waals surface area contributed by atoms with E-state index in [4.69, 9.17) is 9.84 Å². The average Bonchev–Trinajstić information content (AvgIpc) is 2.14. The molecule has 4 heteroatoms. The number of nitrogens with zero attached hydrogens (tertiary/aromatic N) is 1. The number of ether oxygens (including phenoxy) is 1. The molecule has 0 aromatic heterocycles. The summed E-state index contributed by atoms with van der Waals surface area (Å²) in [5.41, 5.74) is 2.12. The van der Waals surface area contributed by atoms with Crippen molar-refractivity contribution < 1.29 is 14.6 Å². The largest absolute Gasteiger partial charge is 0.480 e. The van der Waals surface area contributed by atoms with Crippen molar-refractivity contribution in [3.63, 3.8) is 0 Å². The van der Waals surface area contributed by atoms with E-state index in [0.29, 0.717) is 13.2 Å². The lowest BCUT2D eigenvalue weighted by molar-refractivity contribution is -0.135. The van der Waals surface area contributed by atoms with E-state index >= 15 is 0 Å². The van der Waals surface area contributed by atoms with Crippen molar-refractivity contribution in [2.75, 3.05) is 24.7 Å². The van der Waals surface area contributed by atoms with Crippen LogP contribution in [0.4, 0.5) is 5.69 Å². The Hall–Kier alpha value is -1.55. The van der Waals surface area contributed by atoms with Gasteiger partial charge in [-0.3, -0.25) is 4.79 Å². The number of carboxylic acids is 1. The first-order valence-corrected chi connectivity index (χ1v) is 5.29. The molecule has 0 saturated carbocycles. The second kappa shape index (κ2) is 4.53. The molecule has 0 bridgehead atoms. The summed E-state index contributed by atoms with van der Waals surface area (Å²) in [6.07, 6.45) is 0. The fourth-order valence-corrected chi connectivity index (χ4v) is 1.72. The fourth-order valence-electron chi connectivity index (χ4n) is 1.72. The van der Waals surface area contributed by atoms with Crippen LogP contribution in [0.15, 0.2) is 24.3 Å². The molecule has 0 spiro atoms. The number of hydrogen-bond donors (Lipinski definition) is 1. The van der Waals surface area contributed by atoms with Crippen LogP contribution in [0, 0.1) is 6.92 Å². The summed E-state index contributed by atoms with van der Waals surface area (Å²) in [7, 11) is 0. The van der Waals surface area contributed by atoms with Crippen LogP contribution in [0.1, 0.15) is 5.56 Å². The zero-order valence-electron chi connectivity index (χ0n) is 9.22. The molecule has 1 N–H and O–H groups in total. The van der Waals surface area contributed by atoms with Gasteiger partial charge in [-0.05, 0) is 19.1 Å². The van der Waals surface area contributed by atoms with Crippen LogP contribution in [0.2, 0.25) is 0 Å². The van der Waals surface area contributed by atoms with Gasteiger partial charge >= 0.3 is 5.97 Å². The van der Waals surface area contributed by atoms with E-state index in [9.17, 15) is 4.79 Å².